The lowest BCUT2D eigenvalue weighted by Crippen LogP contribution is -2.06. The van der Waals surface area contributed by atoms with E-state index in [1.165, 1.54) is 0 Å². The average Bonchev–Trinajstić information content (AvgIpc) is 2.31. The molecule has 0 aromatic carbocycles. The van der Waals surface area contributed by atoms with Gasteiger partial charge in [0.2, 0.25) is 0 Å². The van der Waals surface area contributed by atoms with Gasteiger partial charge in [-0.25, -0.2) is 0 Å². The third-order valence-corrected chi connectivity index (χ3v) is 1.90. The molecule has 1 rings (SSSR count). The highest BCUT2D eigenvalue weighted by molar-refractivity contribution is 6.17. The molecule has 1 saturated heterocycles. The SMILES string of the molecule is O=C1CCC(CCCCl)O1. The van der Waals surface area contributed by atoms with Crippen LogP contribution in [0.1, 0.15) is 25.7 Å². The zero-order valence-electron chi connectivity index (χ0n) is 5.81. The molecule has 0 amide bonds. The normalized spacial score (nSPS) is 24.9. The maximum atomic E-state index is 10.6. The van der Waals surface area contributed by atoms with Crippen molar-refractivity contribution in [1.29, 1.82) is 0 Å². The number of carbonyl (C=O) groups is 1. The van der Waals surface area contributed by atoms with E-state index in [1.807, 2.05) is 0 Å². The van der Waals surface area contributed by atoms with Crippen LogP contribution in [0.15, 0.2) is 0 Å². The maximum absolute atomic E-state index is 10.6. The number of cyclic esters (lactones) is 1. The number of rotatable bonds is 3. The summed E-state index contributed by atoms with van der Waals surface area (Å²) in [6.07, 6.45) is 3.50. The summed E-state index contributed by atoms with van der Waals surface area (Å²) in [5, 5.41) is 0. The molecule has 1 heterocycles. The first-order chi connectivity index (χ1) is 4.83. The lowest BCUT2D eigenvalue weighted by Gasteiger charge is -2.05. The zero-order valence-corrected chi connectivity index (χ0v) is 6.56. The molecule has 0 spiro atoms. The summed E-state index contributed by atoms with van der Waals surface area (Å²) in [7, 11) is 0. The van der Waals surface area contributed by atoms with Crippen LogP contribution in [0.5, 0.6) is 0 Å². The van der Waals surface area contributed by atoms with Crippen LogP contribution >= 0.6 is 11.6 Å². The summed E-state index contributed by atoms with van der Waals surface area (Å²) in [5.41, 5.74) is 0. The summed E-state index contributed by atoms with van der Waals surface area (Å²) in [4.78, 5) is 10.6. The Morgan fingerprint density at radius 2 is 2.50 bits per heavy atom. The Morgan fingerprint density at radius 3 is 3.00 bits per heavy atom. The Labute approximate surface area is 65.5 Å². The van der Waals surface area contributed by atoms with Gasteiger partial charge in [-0.15, -0.1) is 11.6 Å². The molecule has 0 aromatic rings. The van der Waals surface area contributed by atoms with Gasteiger partial charge in [-0.2, -0.15) is 0 Å². The van der Waals surface area contributed by atoms with Crippen LogP contribution in [0.3, 0.4) is 0 Å². The fourth-order valence-corrected chi connectivity index (χ4v) is 1.24. The molecule has 0 aliphatic carbocycles. The van der Waals surface area contributed by atoms with Crippen molar-refractivity contribution in [3.8, 4) is 0 Å². The molecule has 58 valence electrons. The van der Waals surface area contributed by atoms with Crippen LogP contribution in [0.4, 0.5) is 0 Å². The van der Waals surface area contributed by atoms with Crippen molar-refractivity contribution >= 4 is 17.6 Å². The number of hydrogen-bond donors (Lipinski definition) is 0. The van der Waals surface area contributed by atoms with Crippen LogP contribution < -0.4 is 0 Å². The van der Waals surface area contributed by atoms with E-state index in [2.05, 4.69) is 0 Å². The predicted molar refractivity (Wildman–Crippen MR) is 39.1 cm³/mol. The van der Waals surface area contributed by atoms with Crippen LogP contribution in [0, 0.1) is 0 Å². The van der Waals surface area contributed by atoms with Gasteiger partial charge >= 0.3 is 5.97 Å². The Kier molecular flexibility index (Phi) is 3.00. The van der Waals surface area contributed by atoms with Gasteiger partial charge in [0.1, 0.15) is 6.10 Å². The van der Waals surface area contributed by atoms with Crippen molar-refractivity contribution in [2.45, 2.75) is 31.8 Å². The minimum atomic E-state index is -0.0560. The van der Waals surface area contributed by atoms with Crippen molar-refractivity contribution < 1.29 is 9.53 Å². The van der Waals surface area contributed by atoms with E-state index in [0.29, 0.717) is 12.3 Å². The van der Waals surface area contributed by atoms with Crippen LogP contribution in [-0.4, -0.2) is 18.0 Å². The minimum absolute atomic E-state index is 0.0560. The monoisotopic (exact) mass is 162 g/mol. The standard InChI is InChI=1S/C7H11ClO2/c8-5-1-2-6-3-4-7(9)10-6/h6H,1-5H2. The van der Waals surface area contributed by atoms with E-state index in [1.54, 1.807) is 0 Å². The summed E-state index contributed by atoms with van der Waals surface area (Å²) in [5.74, 6) is 0.605. The molecule has 0 aromatic heterocycles. The van der Waals surface area contributed by atoms with Crippen molar-refractivity contribution in [1.82, 2.24) is 0 Å². The van der Waals surface area contributed by atoms with Gasteiger partial charge < -0.3 is 4.74 Å². The summed E-state index contributed by atoms with van der Waals surface area (Å²) < 4.78 is 4.97. The third-order valence-electron chi connectivity index (χ3n) is 1.63. The third kappa shape index (κ3) is 2.18. The minimum Gasteiger partial charge on any atom is -0.462 e. The number of carbonyl (C=O) groups excluding carboxylic acids is 1. The van der Waals surface area contributed by atoms with Gasteiger partial charge in [-0.05, 0) is 19.3 Å². The second-order valence-electron chi connectivity index (χ2n) is 2.48. The Bertz CT molecular complexity index is 125. The van der Waals surface area contributed by atoms with Gasteiger partial charge in [-0.1, -0.05) is 0 Å². The van der Waals surface area contributed by atoms with E-state index >= 15 is 0 Å². The molecule has 1 unspecified atom stereocenters. The fourth-order valence-electron chi connectivity index (χ4n) is 1.09. The molecule has 0 saturated carbocycles. The lowest BCUT2D eigenvalue weighted by molar-refractivity contribution is -0.141. The molecule has 0 N–H and O–H groups in total. The number of esters is 1. The lowest BCUT2D eigenvalue weighted by atomic mass is 10.1. The van der Waals surface area contributed by atoms with Crippen molar-refractivity contribution in [2.24, 2.45) is 0 Å². The van der Waals surface area contributed by atoms with Crippen molar-refractivity contribution in [3.05, 3.63) is 0 Å². The summed E-state index contributed by atoms with van der Waals surface area (Å²) in [6, 6.07) is 0. The quantitative estimate of drug-likeness (QED) is 0.467. The first-order valence-electron chi connectivity index (χ1n) is 3.58. The van der Waals surface area contributed by atoms with Crippen molar-refractivity contribution in [2.75, 3.05) is 5.88 Å². The Morgan fingerprint density at radius 1 is 1.70 bits per heavy atom. The molecular formula is C7H11ClO2. The van der Waals surface area contributed by atoms with Crippen LogP contribution in [0.25, 0.3) is 0 Å². The maximum Gasteiger partial charge on any atom is 0.306 e. The van der Waals surface area contributed by atoms with Gasteiger partial charge in [0.05, 0.1) is 0 Å². The van der Waals surface area contributed by atoms with Gasteiger partial charge in [0, 0.05) is 12.3 Å². The number of ether oxygens (including phenoxy) is 1. The molecule has 10 heavy (non-hydrogen) atoms. The first-order valence-corrected chi connectivity index (χ1v) is 4.12. The molecule has 0 radical (unpaired) electrons. The molecule has 1 aliphatic rings. The zero-order chi connectivity index (χ0) is 7.40. The highest BCUT2D eigenvalue weighted by Gasteiger charge is 2.21. The average molecular weight is 163 g/mol. The molecule has 2 nitrogen and oxygen atoms in total. The number of halogens is 1. The van der Waals surface area contributed by atoms with E-state index < -0.39 is 0 Å². The molecule has 0 bridgehead atoms. The van der Waals surface area contributed by atoms with E-state index in [-0.39, 0.29) is 12.1 Å². The van der Waals surface area contributed by atoms with Crippen LogP contribution in [0.2, 0.25) is 0 Å². The van der Waals surface area contributed by atoms with E-state index in [4.69, 9.17) is 16.3 Å². The van der Waals surface area contributed by atoms with E-state index in [0.717, 1.165) is 19.3 Å². The smallest absolute Gasteiger partial charge is 0.306 e. The Balaban J connectivity index is 2.12. The van der Waals surface area contributed by atoms with Gasteiger partial charge in [0.25, 0.3) is 0 Å². The van der Waals surface area contributed by atoms with Gasteiger partial charge in [0.15, 0.2) is 0 Å². The topological polar surface area (TPSA) is 26.3 Å². The second kappa shape index (κ2) is 3.81. The highest BCUT2D eigenvalue weighted by atomic mass is 35.5. The fraction of sp³-hybridized carbons (Fsp3) is 0.857. The number of hydrogen-bond acceptors (Lipinski definition) is 2. The van der Waals surface area contributed by atoms with E-state index in [9.17, 15) is 4.79 Å². The molecule has 3 heteroatoms. The van der Waals surface area contributed by atoms with Crippen LogP contribution in [-0.2, 0) is 9.53 Å². The molecule has 1 atom stereocenters. The van der Waals surface area contributed by atoms with Crippen molar-refractivity contribution in [3.63, 3.8) is 0 Å². The molecule has 1 aliphatic heterocycles. The Hall–Kier alpha value is -0.240. The highest BCUT2D eigenvalue weighted by Crippen LogP contribution is 2.17. The summed E-state index contributed by atoms with van der Waals surface area (Å²) in [6.45, 7) is 0. The molecule has 1 fully saturated rings. The predicted octanol–water partition coefficient (Wildman–Crippen LogP) is 1.71. The molecular weight excluding hydrogens is 152 g/mol. The van der Waals surface area contributed by atoms with Gasteiger partial charge in [-0.3, -0.25) is 4.79 Å². The largest absolute Gasteiger partial charge is 0.462 e. The number of alkyl halides is 1. The summed E-state index contributed by atoms with van der Waals surface area (Å²) >= 11 is 5.48. The second-order valence-corrected chi connectivity index (χ2v) is 2.86. The first kappa shape index (κ1) is 7.86.